The zero-order chi connectivity index (χ0) is 16.7. The van der Waals surface area contributed by atoms with E-state index in [1.165, 1.54) is 0 Å². The zero-order valence-electron chi connectivity index (χ0n) is 12.5. The van der Waals surface area contributed by atoms with Crippen LogP contribution in [0, 0.1) is 0 Å². The van der Waals surface area contributed by atoms with E-state index in [2.05, 4.69) is 5.32 Å². The van der Waals surface area contributed by atoms with Crippen molar-refractivity contribution in [2.45, 2.75) is 13.0 Å². The SMILES string of the molecule is O=C(Nc1ccccc1)N(CCCO)Cc1ccc(Cl)c(Cl)c1. The summed E-state index contributed by atoms with van der Waals surface area (Å²) in [7, 11) is 0. The van der Waals surface area contributed by atoms with Gasteiger partial charge in [0.1, 0.15) is 0 Å². The summed E-state index contributed by atoms with van der Waals surface area (Å²) in [6, 6.07) is 14.3. The van der Waals surface area contributed by atoms with E-state index < -0.39 is 0 Å². The molecule has 0 unspecified atom stereocenters. The van der Waals surface area contributed by atoms with Gasteiger partial charge in [-0.15, -0.1) is 0 Å². The number of anilines is 1. The van der Waals surface area contributed by atoms with Crippen molar-refractivity contribution < 1.29 is 9.90 Å². The lowest BCUT2D eigenvalue weighted by molar-refractivity contribution is 0.199. The molecule has 2 aromatic carbocycles. The van der Waals surface area contributed by atoms with E-state index in [1.54, 1.807) is 17.0 Å². The summed E-state index contributed by atoms with van der Waals surface area (Å²) in [4.78, 5) is 14.1. The number of aliphatic hydroxyl groups excluding tert-OH is 1. The molecule has 0 saturated heterocycles. The molecule has 2 amide bonds. The fourth-order valence-electron chi connectivity index (χ4n) is 2.10. The molecule has 0 heterocycles. The van der Waals surface area contributed by atoms with Crippen molar-refractivity contribution in [3.63, 3.8) is 0 Å². The summed E-state index contributed by atoms with van der Waals surface area (Å²) in [6.07, 6.45) is 0.504. The van der Waals surface area contributed by atoms with Crippen LogP contribution in [0.15, 0.2) is 48.5 Å². The van der Waals surface area contributed by atoms with E-state index in [-0.39, 0.29) is 12.6 Å². The van der Waals surface area contributed by atoms with Gasteiger partial charge in [0.15, 0.2) is 0 Å². The Morgan fingerprint density at radius 1 is 1.09 bits per heavy atom. The molecule has 4 nitrogen and oxygen atoms in total. The summed E-state index contributed by atoms with van der Waals surface area (Å²) < 4.78 is 0. The molecule has 6 heteroatoms. The minimum atomic E-state index is -0.226. The normalized spacial score (nSPS) is 10.4. The maximum absolute atomic E-state index is 12.4. The molecule has 2 N–H and O–H groups in total. The summed E-state index contributed by atoms with van der Waals surface area (Å²) in [6.45, 7) is 0.849. The second kappa shape index (κ2) is 8.77. The number of nitrogens with one attached hydrogen (secondary N) is 1. The molecule has 0 aromatic heterocycles. The second-order valence-corrected chi connectivity index (χ2v) is 5.86. The summed E-state index contributed by atoms with van der Waals surface area (Å²) in [5.41, 5.74) is 1.60. The molecule has 0 saturated carbocycles. The number of amides is 2. The molecular weight excluding hydrogens is 335 g/mol. The van der Waals surface area contributed by atoms with Crippen molar-refractivity contribution in [3.05, 3.63) is 64.1 Å². The Labute approximate surface area is 145 Å². The minimum Gasteiger partial charge on any atom is -0.396 e. The summed E-state index contributed by atoms with van der Waals surface area (Å²) in [5.74, 6) is 0. The quantitative estimate of drug-likeness (QED) is 0.808. The molecule has 0 fully saturated rings. The number of rotatable bonds is 6. The van der Waals surface area contributed by atoms with Gasteiger partial charge in [0.2, 0.25) is 0 Å². The van der Waals surface area contributed by atoms with Gasteiger partial charge in [-0.1, -0.05) is 47.5 Å². The van der Waals surface area contributed by atoms with Crippen molar-refractivity contribution in [1.82, 2.24) is 4.90 Å². The van der Waals surface area contributed by atoms with Gasteiger partial charge in [-0.3, -0.25) is 0 Å². The highest BCUT2D eigenvalue weighted by molar-refractivity contribution is 6.42. The molecule has 122 valence electrons. The van der Waals surface area contributed by atoms with Crippen molar-refractivity contribution >= 4 is 34.9 Å². The number of carbonyl (C=O) groups is 1. The lowest BCUT2D eigenvalue weighted by atomic mass is 10.2. The maximum Gasteiger partial charge on any atom is 0.322 e. The molecule has 23 heavy (non-hydrogen) atoms. The third kappa shape index (κ3) is 5.43. The van der Waals surface area contributed by atoms with Crippen molar-refractivity contribution in [2.24, 2.45) is 0 Å². The lowest BCUT2D eigenvalue weighted by Gasteiger charge is -2.23. The maximum atomic E-state index is 12.4. The van der Waals surface area contributed by atoms with Crippen LogP contribution in [0.25, 0.3) is 0 Å². The van der Waals surface area contributed by atoms with Crippen LogP contribution in [0.2, 0.25) is 10.0 Å². The molecule has 2 rings (SSSR count). The highest BCUT2D eigenvalue weighted by Gasteiger charge is 2.14. The molecule has 0 aliphatic carbocycles. The number of benzene rings is 2. The Bertz CT molecular complexity index is 650. The second-order valence-electron chi connectivity index (χ2n) is 5.04. The van der Waals surface area contributed by atoms with Gasteiger partial charge < -0.3 is 15.3 Å². The minimum absolute atomic E-state index is 0.0243. The molecule has 0 aliphatic rings. The first-order valence-electron chi connectivity index (χ1n) is 7.26. The first-order chi connectivity index (χ1) is 11.1. The van der Waals surface area contributed by atoms with Gasteiger partial charge in [0.25, 0.3) is 0 Å². The van der Waals surface area contributed by atoms with E-state index in [1.807, 2.05) is 36.4 Å². The fourth-order valence-corrected chi connectivity index (χ4v) is 2.42. The van der Waals surface area contributed by atoms with E-state index >= 15 is 0 Å². The summed E-state index contributed by atoms with van der Waals surface area (Å²) >= 11 is 11.9. The Morgan fingerprint density at radius 2 is 1.83 bits per heavy atom. The van der Waals surface area contributed by atoms with E-state index in [9.17, 15) is 4.79 Å². The number of hydrogen-bond acceptors (Lipinski definition) is 2. The molecule has 0 radical (unpaired) electrons. The summed E-state index contributed by atoms with van der Waals surface area (Å²) in [5, 5.41) is 12.8. The highest BCUT2D eigenvalue weighted by atomic mass is 35.5. The van der Waals surface area contributed by atoms with Crippen molar-refractivity contribution in [3.8, 4) is 0 Å². The highest BCUT2D eigenvalue weighted by Crippen LogP contribution is 2.23. The van der Waals surface area contributed by atoms with Crippen molar-refractivity contribution in [1.29, 1.82) is 0 Å². The number of halogens is 2. The predicted octanol–water partition coefficient (Wildman–Crippen LogP) is 4.41. The van der Waals surface area contributed by atoms with Crippen LogP contribution in [0.5, 0.6) is 0 Å². The predicted molar refractivity (Wildman–Crippen MR) is 94.0 cm³/mol. The molecular formula is C17H18Cl2N2O2. The Kier molecular flexibility index (Phi) is 6.71. The Hall–Kier alpha value is -1.75. The third-order valence-electron chi connectivity index (χ3n) is 3.26. The van der Waals surface area contributed by atoms with Crippen LogP contribution in [-0.2, 0) is 6.54 Å². The van der Waals surface area contributed by atoms with Gasteiger partial charge in [-0.05, 0) is 36.2 Å². The number of para-hydroxylation sites is 1. The molecule has 0 spiro atoms. The van der Waals surface area contributed by atoms with E-state index in [4.69, 9.17) is 28.3 Å². The molecule has 2 aromatic rings. The van der Waals surface area contributed by atoms with Crippen LogP contribution < -0.4 is 5.32 Å². The largest absolute Gasteiger partial charge is 0.396 e. The standard InChI is InChI=1S/C17H18Cl2N2O2/c18-15-8-7-13(11-16(15)19)12-21(9-4-10-22)17(23)20-14-5-2-1-3-6-14/h1-3,5-8,11,22H,4,9-10,12H2,(H,20,23). The fraction of sp³-hybridized carbons (Fsp3) is 0.235. The average Bonchev–Trinajstić information content (AvgIpc) is 2.55. The van der Waals surface area contributed by atoms with E-state index in [0.29, 0.717) is 29.6 Å². The van der Waals surface area contributed by atoms with Gasteiger partial charge in [-0.25, -0.2) is 4.79 Å². The first-order valence-corrected chi connectivity index (χ1v) is 8.01. The van der Waals surface area contributed by atoms with Gasteiger partial charge in [0, 0.05) is 25.4 Å². The van der Waals surface area contributed by atoms with Crippen LogP contribution >= 0.6 is 23.2 Å². The molecule has 0 bridgehead atoms. The van der Waals surface area contributed by atoms with Gasteiger partial charge in [0.05, 0.1) is 10.0 Å². The monoisotopic (exact) mass is 352 g/mol. The first kappa shape index (κ1) is 17.6. The Balaban J connectivity index is 2.08. The molecule has 0 atom stereocenters. The zero-order valence-corrected chi connectivity index (χ0v) is 14.0. The molecule has 0 aliphatic heterocycles. The van der Waals surface area contributed by atoms with Crippen molar-refractivity contribution in [2.75, 3.05) is 18.5 Å². The number of carbonyl (C=O) groups excluding carboxylic acids is 1. The topological polar surface area (TPSA) is 52.6 Å². The lowest BCUT2D eigenvalue weighted by Crippen LogP contribution is -2.35. The third-order valence-corrected chi connectivity index (χ3v) is 3.99. The van der Waals surface area contributed by atoms with Gasteiger partial charge >= 0.3 is 6.03 Å². The van der Waals surface area contributed by atoms with Crippen LogP contribution in [0.4, 0.5) is 10.5 Å². The van der Waals surface area contributed by atoms with Crippen LogP contribution in [0.3, 0.4) is 0 Å². The smallest absolute Gasteiger partial charge is 0.322 e. The Morgan fingerprint density at radius 3 is 2.48 bits per heavy atom. The number of nitrogens with zero attached hydrogens (tertiary/aromatic N) is 1. The van der Waals surface area contributed by atoms with E-state index in [0.717, 1.165) is 11.3 Å². The van der Waals surface area contributed by atoms with Gasteiger partial charge in [-0.2, -0.15) is 0 Å². The number of aliphatic hydroxyl groups is 1. The average molecular weight is 353 g/mol. The number of urea groups is 1. The van der Waals surface area contributed by atoms with Crippen LogP contribution in [-0.4, -0.2) is 29.2 Å². The number of hydrogen-bond donors (Lipinski definition) is 2. The van der Waals surface area contributed by atoms with Crippen LogP contribution in [0.1, 0.15) is 12.0 Å².